The van der Waals surface area contributed by atoms with Gasteiger partial charge in [0.25, 0.3) is 5.91 Å². The standard InChI is InChI=1S/C22H28ClN3O3/c1-14(2)18-13-26(11-10-20(27)25-29)21(28)24-22(18,3)16-8-9-17(19(23)12-16)15-6-4-5-7-15/h8-9,12-15H,4-7,10-11H2,1-3H3,(H,24,28)/t22-/m0/s1. The third-order valence-electron chi connectivity index (χ3n) is 6.15. The largest absolute Gasteiger partial charge is 0.325 e. The Labute approximate surface area is 176 Å². The Hall–Kier alpha value is -2.21. The minimum Gasteiger partial charge on any atom is -0.325 e. The van der Waals surface area contributed by atoms with Crippen LogP contribution in [0, 0.1) is 10.8 Å². The first-order valence-electron chi connectivity index (χ1n) is 10.2. The van der Waals surface area contributed by atoms with Gasteiger partial charge in [0, 0.05) is 22.9 Å². The Bertz CT molecular complexity index is 846. The normalized spacial score (nSPS) is 22.6. The molecule has 3 rings (SSSR count). The van der Waals surface area contributed by atoms with E-state index >= 15 is 0 Å². The van der Waals surface area contributed by atoms with E-state index in [1.165, 1.54) is 36.1 Å². The number of benzene rings is 1. The van der Waals surface area contributed by atoms with Gasteiger partial charge in [-0.05, 0) is 54.4 Å². The predicted octanol–water partition coefficient (Wildman–Crippen LogP) is 5.46. The third-order valence-corrected chi connectivity index (χ3v) is 6.48. The van der Waals surface area contributed by atoms with Gasteiger partial charge in [0.2, 0.25) is 0 Å². The number of carbonyl (C=O) groups excluding carboxylic acids is 2. The van der Waals surface area contributed by atoms with E-state index in [9.17, 15) is 14.5 Å². The Balaban J connectivity index is 1.92. The van der Waals surface area contributed by atoms with Crippen molar-refractivity contribution in [1.82, 2.24) is 10.2 Å². The van der Waals surface area contributed by atoms with Crippen LogP contribution in [0.15, 0.2) is 35.1 Å². The molecule has 1 aliphatic heterocycles. The molecule has 2 aliphatic rings. The molecular weight excluding hydrogens is 390 g/mol. The van der Waals surface area contributed by atoms with Gasteiger partial charge in [0.1, 0.15) is 0 Å². The lowest BCUT2D eigenvalue weighted by atomic mass is 9.77. The van der Waals surface area contributed by atoms with Crippen molar-refractivity contribution in [2.24, 2.45) is 11.1 Å². The molecule has 1 aromatic carbocycles. The summed E-state index contributed by atoms with van der Waals surface area (Å²) in [4.78, 5) is 35.7. The minimum absolute atomic E-state index is 0.0998. The fourth-order valence-electron chi connectivity index (χ4n) is 4.51. The molecule has 1 N–H and O–H groups in total. The summed E-state index contributed by atoms with van der Waals surface area (Å²) in [5.74, 6) is -0.0962. The molecule has 0 radical (unpaired) electrons. The van der Waals surface area contributed by atoms with E-state index in [4.69, 9.17) is 11.6 Å². The lowest BCUT2D eigenvalue weighted by Gasteiger charge is -2.42. The zero-order chi connectivity index (χ0) is 21.2. The van der Waals surface area contributed by atoms with E-state index in [0.717, 1.165) is 16.2 Å². The zero-order valence-corrected chi connectivity index (χ0v) is 18.0. The Kier molecular flexibility index (Phi) is 6.42. The maximum atomic E-state index is 12.7. The molecule has 1 aliphatic carbocycles. The summed E-state index contributed by atoms with van der Waals surface area (Å²) < 4.78 is 0. The Morgan fingerprint density at radius 3 is 2.62 bits per heavy atom. The molecule has 3 amide bonds. The van der Waals surface area contributed by atoms with E-state index in [1.807, 2.05) is 13.0 Å². The highest BCUT2D eigenvalue weighted by molar-refractivity contribution is 6.31. The molecule has 0 unspecified atom stereocenters. The maximum absolute atomic E-state index is 12.7. The number of nitrogens with zero attached hydrogens (tertiary/aromatic N) is 2. The molecule has 156 valence electrons. The number of nitroso groups, excluding NO2 is 1. The van der Waals surface area contributed by atoms with E-state index < -0.39 is 11.4 Å². The van der Waals surface area contributed by atoms with Crippen LogP contribution >= 0.6 is 11.6 Å². The minimum atomic E-state index is -0.764. The van der Waals surface area contributed by atoms with E-state index in [2.05, 4.69) is 36.5 Å². The average molecular weight is 418 g/mol. The lowest BCUT2D eigenvalue weighted by molar-refractivity contribution is -0.118. The quantitative estimate of drug-likeness (QED) is 0.624. The number of carbonyl (C=O) groups is 2. The van der Waals surface area contributed by atoms with Crippen LogP contribution in [0.5, 0.6) is 0 Å². The van der Waals surface area contributed by atoms with Crippen molar-refractivity contribution in [2.45, 2.75) is 64.3 Å². The SMILES string of the molecule is CC(C)C1=CN(CCC(=O)N=O)C(=O)N[C@@]1(C)c1ccc(C2CCCC2)c(Cl)c1. The molecule has 1 atom stereocenters. The molecule has 1 heterocycles. The summed E-state index contributed by atoms with van der Waals surface area (Å²) in [6.45, 7) is 6.22. The van der Waals surface area contributed by atoms with Crippen LogP contribution in [0.25, 0.3) is 0 Å². The van der Waals surface area contributed by atoms with Gasteiger partial charge in [0.15, 0.2) is 0 Å². The second kappa shape index (κ2) is 8.66. The van der Waals surface area contributed by atoms with Gasteiger partial charge < -0.3 is 10.2 Å². The molecule has 0 aromatic heterocycles. The van der Waals surface area contributed by atoms with Gasteiger partial charge in [-0.15, -0.1) is 4.91 Å². The third kappa shape index (κ3) is 4.37. The van der Waals surface area contributed by atoms with E-state index in [-0.39, 0.29) is 24.9 Å². The number of rotatable bonds is 6. The smallest absolute Gasteiger partial charge is 0.322 e. The first-order chi connectivity index (χ1) is 13.8. The van der Waals surface area contributed by atoms with Gasteiger partial charge in [-0.3, -0.25) is 4.79 Å². The fraction of sp³-hybridized carbons (Fsp3) is 0.545. The first kappa shape index (κ1) is 21.5. The van der Waals surface area contributed by atoms with Crippen molar-refractivity contribution < 1.29 is 9.59 Å². The topological polar surface area (TPSA) is 78.8 Å². The first-order valence-corrected chi connectivity index (χ1v) is 10.6. The van der Waals surface area contributed by atoms with Crippen LogP contribution in [-0.2, 0) is 10.3 Å². The monoisotopic (exact) mass is 417 g/mol. The van der Waals surface area contributed by atoms with Crippen LogP contribution in [0.4, 0.5) is 4.79 Å². The molecule has 6 nitrogen and oxygen atoms in total. The van der Waals surface area contributed by atoms with Crippen LogP contribution in [0.2, 0.25) is 5.02 Å². The van der Waals surface area contributed by atoms with Crippen molar-refractivity contribution in [3.8, 4) is 0 Å². The van der Waals surface area contributed by atoms with Crippen LogP contribution in [0.3, 0.4) is 0 Å². The summed E-state index contributed by atoms with van der Waals surface area (Å²) in [6, 6.07) is 5.82. The molecule has 0 saturated heterocycles. The summed E-state index contributed by atoms with van der Waals surface area (Å²) in [5.41, 5.74) is 2.43. The molecule has 7 heteroatoms. The van der Waals surface area contributed by atoms with Gasteiger partial charge in [0.05, 0.1) is 12.0 Å². The number of urea groups is 1. The van der Waals surface area contributed by atoms with Gasteiger partial charge in [-0.1, -0.05) is 50.4 Å². The van der Waals surface area contributed by atoms with Crippen LogP contribution < -0.4 is 5.32 Å². The average Bonchev–Trinajstić information content (AvgIpc) is 3.21. The van der Waals surface area contributed by atoms with Crippen molar-refractivity contribution >= 4 is 23.5 Å². The number of amides is 3. The maximum Gasteiger partial charge on any atom is 0.322 e. The summed E-state index contributed by atoms with van der Waals surface area (Å²) in [5, 5.41) is 6.23. The second-order valence-electron chi connectivity index (χ2n) is 8.44. The second-order valence-corrected chi connectivity index (χ2v) is 8.85. The van der Waals surface area contributed by atoms with Crippen LogP contribution in [-0.4, -0.2) is 23.4 Å². The lowest BCUT2D eigenvalue weighted by Crippen LogP contribution is -2.54. The number of halogens is 1. The molecule has 0 spiro atoms. The van der Waals surface area contributed by atoms with Crippen molar-refractivity contribution in [1.29, 1.82) is 0 Å². The Morgan fingerprint density at radius 2 is 2.03 bits per heavy atom. The number of hydrogen-bond donors (Lipinski definition) is 1. The zero-order valence-electron chi connectivity index (χ0n) is 17.2. The molecule has 0 bridgehead atoms. The van der Waals surface area contributed by atoms with Crippen LogP contribution in [0.1, 0.15) is 69.9 Å². The molecule has 1 aromatic rings. The van der Waals surface area contributed by atoms with Crippen molar-refractivity contribution in [2.75, 3.05) is 6.54 Å². The molecule has 1 saturated carbocycles. The number of nitrogens with one attached hydrogen (secondary N) is 1. The van der Waals surface area contributed by atoms with E-state index in [0.29, 0.717) is 5.92 Å². The highest BCUT2D eigenvalue weighted by Gasteiger charge is 2.40. The Morgan fingerprint density at radius 1 is 1.34 bits per heavy atom. The van der Waals surface area contributed by atoms with Crippen molar-refractivity contribution in [3.63, 3.8) is 0 Å². The summed E-state index contributed by atoms with van der Waals surface area (Å²) in [7, 11) is 0. The van der Waals surface area contributed by atoms with E-state index in [1.54, 1.807) is 6.20 Å². The molecule has 1 fully saturated rings. The van der Waals surface area contributed by atoms with Crippen molar-refractivity contribution in [3.05, 3.63) is 51.0 Å². The van der Waals surface area contributed by atoms with Gasteiger partial charge >= 0.3 is 6.03 Å². The molecular formula is C22H28ClN3O3. The van der Waals surface area contributed by atoms with Gasteiger partial charge in [-0.25, -0.2) is 4.79 Å². The predicted molar refractivity (Wildman–Crippen MR) is 114 cm³/mol. The molecule has 29 heavy (non-hydrogen) atoms. The highest BCUT2D eigenvalue weighted by Crippen LogP contribution is 2.42. The summed E-state index contributed by atoms with van der Waals surface area (Å²) >= 11 is 6.66. The van der Waals surface area contributed by atoms with Gasteiger partial charge in [-0.2, -0.15) is 0 Å². The summed E-state index contributed by atoms with van der Waals surface area (Å²) in [6.07, 6.45) is 6.53. The fourth-order valence-corrected chi connectivity index (χ4v) is 4.85. The highest BCUT2D eigenvalue weighted by atomic mass is 35.5. The number of hydrogen-bond acceptors (Lipinski definition) is 3.